The number of carbonyl (C=O) groups is 3. The van der Waals surface area contributed by atoms with Crippen molar-refractivity contribution >= 4 is 17.9 Å². The molecule has 0 bridgehead atoms. The first-order valence-corrected chi connectivity index (χ1v) is 20.2. The molecule has 0 aromatic carbocycles. The van der Waals surface area contributed by atoms with E-state index in [1.54, 1.807) is 0 Å². The molecule has 0 aliphatic heterocycles. The summed E-state index contributed by atoms with van der Waals surface area (Å²) in [6, 6.07) is 0. The second kappa shape index (κ2) is 33.4. The number of carboxylic acids is 1. The average Bonchev–Trinajstić information content (AvgIpc) is 3.05. The van der Waals surface area contributed by atoms with E-state index in [0.717, 1.165) is 38.5 Å². The zero-order valence-electron chi connectivity index (χ0n) is 32.6. The lowest BCUT2D eigenvalue weighted by atomic mass is 10.0. The smallest absolute Gasteiger partial charge is 0.361 e. The van der Waals surface area contributed by atoms with Crippen LogP contribution in [0.15, 0.2) is 0 Å². The number of ether oxygens (including phenoxy) is 4. The minimum Gasteiger partial charge on any atom is -0.477 e. The Morgan fingerprint density at radius 1 is 0.531 bits per heavy atom. The van der Waals surface area contributed by atoms with Gasteiger partial charge in [0.2, 0.25) is 0 Å². The molecule has 0 saturated heterocycles. The Morgan fingerprint density at radius 2 is 0.918 bits per heavy atom. The van der Waals surface area contributed by atoms with Crippen molar-refractivity contribution in [3.05, 3.63) is 0 Å². The topological polar surface area (TPSA) is 108 Å². The zero-order valence-corrected chi connectivity index (χ0v) is 32.6. The van der Waals surface area contributed by atoms with Gasteiger partial charge in [0.15, 0.2) is 6.10 Å². The van der Waals surface area contributed by atoms with E-state index in [2.05, 4.69) is 13.8 Å². The summed E-state index contributed by atoms with van der Waals surface area (Å²) in [5, 5.41) is 9.59. The highest BCUT2D eigenvalue weighted by atomic mass is 16.7. The lowest BCUT2D eigenvalue weighted by molar-refractivity contribution is -0.870. The van der Waals surface area contributed by atoms with Gasteiger partial charge in [-0.2, -0.15) is 0 Å². The zero-order chi connectivity index (χ0) is 36.4. The number of hydrogen-bond acceptors (Lipinski definition) is 7. The lowest BCUT2D eigenvalue weighted by Crippen LogP contribution is -2.40. The summed E-state index contributed by atoms with van der Waals surface area (Å²) in [6.45, 7) is 4.87. The van der Waals surface area contributed by atoms with Crippen molar-refractivity contribution in [1.82, 2.24) is 0 Å². The summed E-state index contributed by atoms with van der Waals surface area (Å²) >= 11 is 0. The number of quaternary nitrogens is 1. The van der Waals surface area contributed by atoms with E-state index < -0.39 is 24.3 Å². The van der Waals surface area contributed by atoms with E-state index in [9.17, 15) is 19.5 Å². The van der Waals surface area contributed by atoms with Crippen LogP contribution in [0.5, 0.6) is 0 Å². The molecule has 0 amide bonds. The molecule has 2 unspecified atom stereocenters. The van der Waals surface area contributed by atoms with Crippen molar-refractivity contribution in [3.63, 3.8) is 0 Å². The molecular weight excluding hydrogens is 622 g/mol. The van der Waals surface area contributed by atoms with E-state index in [0.29, 0.717) is 17.4 Å². The van der Waals surface area contributed by atoms with E-state index in [4.69, 9.17) is 18.9 Å². The molecule has 0 aliphatic carbocycles. The van der Waals surface area contributed by atoms with Crippen LogP contribution in [0.4, 0.5) is 0 Å². The van der Waals surface area contributed by atoms with Gasteiger partial charge in [-0.05, 0) is 12.8 Å². The fraction of sp³-hybridized carbons (Fsp3) is 0.925. The van der Waals surface area contributed by atoms with Crippen molar-refractivity contribution in [2.45, 2.75) is 193 Å². The number of rotatable bonds is 37. The third-order valence-electron chi connectivity index (χ3n) is 8.86. The first kappa shape index (κ1) is 47.3. The molecule has 290 valence electrons. The van der Waals surface area contributed by atoms with Crippen LogP contribution in [-0.4, -0.2) is 87.4 Å². The molecule has 0 fully saturated rings. The molecule has 49 heavy (non-hydrogen) atoms. The maximum Gasteiger partial charge on any atom is 0.361 e. The maximum absolute atomic E-state index is 12.7. The van der Waals surface area contributed by atoms with E-state index in [1.165, 1.54) is 116 Å². The van der Waals surface area contributed by atoms with Gasteiger partial charge in [-0.3, -0.25) is 9.59 Å². The minimum absolute atomic E-state index is 0.174. The highest BCUT2D eigenvalue weighted by molar-refractivity contribution is 5.71. The largest absolute Gasteiger partial charge is 0.477 e. The molecule has 9 nitrogen and oxygen atoms in total. The highest BCUT2D eigenvalue weighted by Gasteiger charge is 2.25. The average molecular weight is 701 g/mol. The number of unbranched alkanes of at least 4 members (excludes halogenated alkanes) is 22. The summed E-state index contributed by atoms with van der Waals surface area (Å²) in [6.07, 6.45) is 27.2. The van der Waals surface area contributed by atoms with E-state index >= 15 is 0 Å². The van der Waals surface area contributed by atoms with Crippen molar-refractivity contribution in [2.75, 3.05) is 47.5 Å². The molecule has 1 N–H and O–H groups in total. The number of likely N-dealkylation sites (N-methyl/N-ethyl adjacent to an activating group) is 1. The summed E-state index contributed by atoms with van der Waals surface area (Å²) in [4.78, 5) is 36.9. The van der Waals surface area contributed by atoms with Gasteiger partial charge in [-0.15, -0.1) is 0 Å². The normalized spacial score (nSPS) is 12.9. The summed E-state index contributed by atoms with van der Waals surface area (Å²) in [5.74, 6) is -2.00. The van der Waals surface area contributed by atoms with Gasteiger partial charge in [0.05, 0.1) is 34.4 Å². The number of nitrogens with zero attached hydrogens (tertiary/aromatic N) is 1. The predicted molar refractivity (Wildman–Crippen MR) is 198 cm³/mol. The first-order valence-electron chi connectivity index (χ1n) is 20.2. The summed E-state index contributed by atoms with van der Waals surface area (Å²) in [5.41, 5.74) is 0. The Balaban J connectivity index is 4.49. The first-order chi connectivity index (χ1) is 23.6. The molecule has 0 saturated carbocycles. The quantitative estimate of drug-likeness (QED) is 0.0295. The predicted octanol–water partition coefficient (Wildman–Crippen LogP) is 9.77. The van der Waals surface area contributed by atoms with Gasteiger partial charge in [-0.25, -0.2) is 4.79 Å². The number of esters is 2. The number of carbonyl (C=O) groups excluding carboxylic acids is 2. The van der Waals surface area contributed by atoms with Gasteiger partial charge in [0, 0.05) is 12.8 Å². The highest BCUT2D eigenvalue weighted by Crippen LogP contribution is 2.15. The number of carboxylic acid groups (broad SMARTS) is 1. The van der Waals surface area contributed by atoms with Crippen LogP contribution in [0.1, 0.15) is 181 Å². The summed E-state index contributed by atoms with van der Waals surface area (Å²) < 4.78 is 22.6. The lowest BCUT2D eigenvalue weighted by Gasteiger charge is -2.25. The Bertz CT molecular complexity index is 785. The van der Waals surface area contributed by atoms with Crippen LogP contribution >= 0.6 is 0 Å². The minimum atomic E-state index is -1.50. The van der Waals surface area contributed by atoms with Gasteiger partial charge in [0.1, 0.15) is 13.2 Å². The Labute approximate surface area is 301 Å². The van der Waals surface area contributed by atoms with Crippen LogP contribution in [0.3, 0.4) is 0 Å². The Hall–Kier alpha value is -1.71. The Morgan fingerprint density at radius 3 is 1.31 bits per heavy atom. The van der Waals surface area contributed by atoms with Gasteiger partial charge >= 0.3 is 17.9 Å². The van der Waals surface area contributed by atoms with Crippen LogP contribution in [0, 0.1) is 0 Å². The van der Waals surface area contributed by atoms with Crippen LogP contribution < -0.4 is 0 Å². The van der Waals surface area contributed by atoms with Crippen LogP contribution in [0.2, 0.25) is 0 Å². The fourth-order valence-corrected chi connectivity index (χ4v) is 5.66. The van der Waals surface area contributed by atoms with E-state index in [-0.39, 0.29) is 32.2 Å². The molecule has 0 radical (unpaired) electrons. The Kier molecular flexibility index (Phi) is 32.3. The standard InChI is InChI=1S/C40H77NO8/c1-6-8-10-12-14-16-18-19-21-23-25-27-29-31-38(43)49-36(35-48-40(39(44)45)46-33-32-41(3,4)5)34-47-37(42)30-28-26-24-22-20-17-15-13-11-9-7-2/h36,40H,6-35H2,1-5H3/p+1. The molecule has 0 aliphatic rings. The van der Waals surface area contributed by atoms with Crippen LogP contribution in [0.25, 0.3) is 0 Å². The SMILES string of the molecule is CCCCCCCCCCCCCCCC(=O)OC(COC(=O)CCCCCCCCCCCCC)COC(OCC[N+](C)(C)C)C(=O)O. The summed E-state index contributed by atoms with van der Waals surface area (Å²) in [7, 11) is 5.95. The molecule has 0 rings (SSSR count). The molecule has 0 aromatic heterocycles. The van der Waals surface area contributed by atoms with Crippen molar-refractivity contribution in [3.8, 4) is 0 Å². The van der Waals surface area contributed by atoms with Gasteiger partial charge < -0.3 is 28.5 Å². The molecule has 0 spiro atoms. The second-order valence-electron chi connectivity index (χ2n) is 15.0. The fourth-order valence-electron chi connectivity index (χ4n) is 5.66. The number of hydrogen-bond donors (Lipinski definition) is 1. The molecule has 0 heterocycles. The molecule has 2 atom stereocenters. The third kappa shape index (κ3) is 34.5. The maximum atomic E-state index is 12.7. The second-order valence-corrected chi connectivity index (χ2v) is 15.0. The number of aliphatic carboxylic acids is 1. The molecular formula is C40H78NO8+. The monoisotopic (exact) mass is 701 g/mol. The van der Waals surface area contributed by atoms with Crippen molar-refractivity contribution < 1.29 is 42.9 Å². The van der Waals surface area contributed by atoms with Crippen molar-refractivity contribution in [1.29, 1.82) is 0 Å². The third-order valence-corrected chi connectivity index (χ3v) is 8.86. The molecule has 9 heteroatoms. The van der Waals surface area contributed by atoms with Crippen LogP contribution in [-0.2, 0) is 33.3 Å². The van der Waals surface area contributed by atoms with Crippen molar-refractivity contribution in [2.24, 2.45) is 0 Å². The van der Waals surface area contributed by atoms with E-state index in [1.807, 2.05) is 21.1 Å². The van der Waals surface area contributed by atoms with Gasteiger partial charge in [0.25, 0.3) is 6.29 Å². The van der Waals surface area contributed by atoms with Gasteiger partial charge in [-0.1, -0.05) is 155 Å². The molecule has 0 aromatic rings.